The summed E-state index contributed by atoms with van der Waals surface area (Å²) in [6.07, 6.45) is -3.89. The van der Waals surface area contributed by atoms with Crippen molar-refractivity contribution >= 4 is 42.8 Å². The van der Waals surface area contributed by atoms with Crippen molar-refractivity contribution in [3.63, 3.8) is 0 Å². The van der Waals surface area contributed by atoms with Crippen molar-refractivity contribution < 1.29 is 31.1 Å². The van der Waals surface area contributed by atoms with Gasteiger partial charge in [0, 0.05) is 25.3 Å². The molecule has 0 aliphatic carbocycles. The number of fused-ring (bicyclic) bond motifs is 1. The van der Waals surface area contributed by atoms with Gasteiger partial charge in [-0.25, -0.2) is 13.6 Å². The van der Waals surface area contributed by atoms with Gasteiger partial charge in [-0.1, -0.05) is 24.0 Å². The van der Waals surface area contributed by atoms with Crippen LogP contribution in [0.2, 0.25) is 0 Å². The number of anilines is 2. The van der Waals surface area contributed by atoms with E-state index in [0.717, 1.165) is 18.5 Å². The summed E-state index contributed by atoms with van der Waals surface area (Å²) >= 11 is 1.21. The third-order valence-electron chi connectivity index (χ3n) is 5.92. The largest absolute Gasteiger partial charge is 0.477 e. The van der Waals surface area contributed by atoms with Gasteiger partial charge in [-0.15, -0.1) is 11.3 Å². The molecule has 0 bridgehead atoms. The Morgan fingerprint density at radius 1 is 1.18 bits per heavy atom. The zero-order valence-corrected chi connectivity index (χ0v) is 22.2. The number of primary sulfonamides is 1. The Hall–Kier alpha value is -3.49. The highest BCUT2D eigenvalue weighted by molar-refractivity contribution is 7.89. The van der Waals surface area contributed by atoms with Crippen LogP contribution in [0.15, 0.2) is 41.3 Å². The Balaban J connectivity index is 1.60. The molecule has 4 N–H and O–H groups in total. The van der Waals surface area contributed by atoms with E-state index in [-0.39, 0.29) is 35.4 Å². The molecule has 1 saturated heterocycles. The predicted molar refractivity (Wildman–Crippen MR) is 143 cm³/mol. The van der Waals surface area contributed by atoms with Gasteiger partial charge >= 0.3 is 6.18 Å². The van der Waals surface area contributed by atoms with Gasteiger partial charge in [0.25, 0.3) is 0 Å². The Labute approximate surface area is 227 Å². The smallest absolute Gasteiger partial charge is 0.393 e. The number of nitrogens with two attached hydrogens (primary N) is 1. The zero-order chi connectivity index (χ0) is 28.0. The summed E-state index contributed by atoms with van der Waals surface area (Å²) in [7, 11) is -3.99. The molecule has 0 amide bonds. The Bertz CT molecular complexity index is 1550. The topological polar surface area (TPSA) is 126 Å². The minimum Gasteiger partial charge on any atom is -0.477 e. The lowest BCUT2D eigenvalue weighted by Gasteiger charge is -2.24. The van der Waals surface area contributed by atoms with E-state index in [1.165, 1.54) is 29.5 Å². The molecule has 2 aromatic carbocycles. The quantitative estimate of drug-likeness (QED) is 0.333. The molecule has 2 heterocycles. The fourth-order valence-corrected chi connectivity index (χ4v) is 5.84. The molecule has 3 aromatic rings. The van der Waals surface area contributed by atoms with E-state index in [9.17, 15) is 21.6 Å². The van der Waals surface area contributed by atoms with Crippen LogP contribution in [0, 0.1) is 23.2 Å². The van der Waals surface area contributed by atoms with Crippen LogP contribution in [-0.4, -0.2) is 47.0 Å². The maximum absolute atomic E-state index is 13.5. The minimum absolute atomic E-state index is 0.0184. The van der Waals surface area contributed by atoms with E-state index in [4.69, 9.17) is 19.9 Å². The van der Waals surface area contributed by atoms with Crippen molar-refractivity contribution in [1.29, 1.82) is 5.26 Å². The second-order valence-electron chi connectivity index (χ2n) is 8.72. The number of thiophene rings is 1. The summed E-state index contributed by atoms with van der Waals surface area (Å²) in [5.74, 6) is 5.80. The normalized spacial score (nSPS) is 14.3. The number of ether oxygens (including phenoxy) is 2. The Kier molecular flexibility index (Phi) is 8.87. The minimum atomic E-state index is -4.41. The van der Waals surface area contributed by atoms with Gasteiger partial charge in [-0.2, -0.15) is 18.4 Å². The summed E-state index contributed by atoms with van der Waals surface area (Å²) in [6, 6.07) is 11.1. The van der Waals surface area contributed by atoms with Crippen LogP contribution in [0.1, 0.15) is 23.3 Å². The zero-order valence-electron chi connectivity index (χ0n) is 20.6. The number of rotatable bonds is 8. The second kappa shape index (κ2) is 12.1. The van der Waals surface area contributed by atoms with E-state index in [1.807, 2.05) is 6.07 Å². The van der Waals surface area contributed by atoms with Crippen LogP contribution in [0.5, 0.6) is 5.75 Å². The van der Waals surface area contributed by atoms with Gasteiger partial charge in [-0.3, -0.25) is 0 Å². The van der Waals surface area contributed by atoms with Crippen LogP contribution < -0.4 is 20.5 Å². The molecule has 1 aliphatic rings. The number of hydrogen-bond acceptors (Lipinski definition) is 8. The molecule has 206 valence electrons. The molecule has 0 spiro atoms. The number of hydrogen-bond donors (Lipinski definition) is 3. The first kappa shape index (κ1) is 28.5. The summed E-state index contributed by atoms with van der Waals surface area (Å²) in [5.41, 5.74) is 1.25. The second-order valence-corrected chi connectivity index (χ2v) is 11.3. The van der Waals surface area contributed by atoms with E-state index in [2.05, 4.69) is 22.5 Å². The molecular formula is C26H25F3N4O4S2. The first-order valence-corrected chi connectivity index (χ1v) is 14.3. The van der Waals surface area contributed by atoms with Crippen molar-refractivity contribution in [1.82, 2.24) is 0 Å². The van der Waals surface area contributed by atoms with Crippen LogP contribution in [0.3, 0.4) is 0 Å². The van der Waals surface area contributed by atoms with Gasteiger partial charge in [0.05, 0.1) is 38.8 Å². The van der Waals surface area contributed by atoms with Crippen LogP contribution in [-0.2, 0) is 21.2 Å². The van der Waals surface area contributed by atoms with Gasteiger partial charge in [0.15, 0.2) is 6.61 Å². The maximum atomic E-state index is 13.5. The lowest BCUT2D eigenvalue weighted by atomic mass is 10.1. The molecule has 4 rings (SSSR count). The fourth-order valence-electron chi connectivity index (χ4n) is 4.14. The van der Waals surface area contributed by atoms with Crippen molar-refractivity contribution in [3.8, 4) is 23.7 Å². The summed E-state index contributed by atoms with van der Waals surface area (Å²) < 4.78 is 75.2. The number of halogens is 3. The SMILES string of the molecule is N#CCOc1cc(S(N)(=O)=O)ccc1NCC#Cc1sc2c(NC3CCOCC3)cccc2c1CC(F)(F)F. The van der Waals surface area contributed by atoms with Gasteiger partial charge in [0.2, 0.25) is 10.0 Å². The molecule has 1 fully saturated rings. The Morgan fingerprint density at radius 2 is 1.95 bits per heavy atom. The third-order valence-corrected chi connectivity index (χ3v) is 8.03. The van der Waals surface area contributed by atoms with Crippen molar-refractivity contribution in [2.45, 2.75) is 36.4 Å². The number of nitrogens with one attached hydrogen (secondary N) is 2. The molecule has 1 aromatic heterocycles. The number of nitriles is 1. The number of sulfonamides is 1. The number of nitrogens with zero attached hydrogens (tertiary/aromatic N) is 1. The summed E-state index contributed by atoms with van der Waals surface area (Å²) in [5, 5.41) is 20.9. The molecular weight excluding hydrogens is 553 g/mol. The highest BCUT2D eigenvalue weighted by Gasteiger charge is 2.31. The molecule has 1 aliphatic heterocycles. The molecule has 13 heteroatoms. The molecule has 0 unspecified atom stereocenters. The lowest BCUT2D eigenvalue weighted by Crippen LogP contribution is -2.27. The molecule has 0 atom stereocenters. The highest BCUT2D eigenvalue weighted by Crippen LogP contribution is 2.39. The van der Waals surface area contributed by atoms with Gasteiger partial charge < -0.3 is 20.1 Å². The van der Waals surface area contributed by atoms with E-state index < -0.39 is 22.6 Å². The summed E-state index contributed by atoms with van der Waals surface area (Å²) in [6.45, 7) is 0.954. The summed E-state index contributed by atoms with van der Waals surface area (Å²) in [4.78, 5) is 0.121. The van der Waals surface area contributed by atoms with Crippen molar-refractivity contribution in [2.75, 3.05) is 37.0 Å². The molecule has 0 saturated carbocycles. The standard InChI is InChI=1S/C26H25F3N4O4S2/c27-26(28,29)16-20-19-3-1-4-22(33-17-8-12-36-13-9-17)25(19)38-24(20)5-2-11-32-21-7-6-18(39(31,34)35)15-23(21)37-14-10-30/h1,3-4,6-7,15,17,32-33H,8-9,11-14,16H2,(H2,31,34,35). The molecule has 0 radical (unpaired) electrons. The first-order valence-electron chi connectivity index (χ1n) is 11.9. The average Bonchev–Trinajstić information content (AvgIpc) is 3.22. The first-order chi connectivity index (χ1) is 18.5. The van der Waals surface area contributed by atoms with Crippen molar-refractivity contribution in [3.05, 3.63) is 46.8 Å². The number of benzene rings is 2. The van der Waals surface area contributed by atoms with Crippen LogP contribution in [0.25, 0.3) is 10.1 Å². The third kappa shape index (κ3) is 7.55. The molecule has 39 heavy (non-hydrogen) atoms. The monoisotopic (exact) mass is 578 g/mol. The van der Waals surface area contributed by atoms with Crippen LogP contribution >= 0.6 is 11.3 Å². The predicted octanol–water partition coefficient (Wildman–Crippen LogP) is 4.61. The van der Waals surface area contributed by atoms with E-state index in [0.29, 0.717) is 33.9 Å². The van der Waals surface area contributed by atoms with Crippen molar-refractivity contribution in [2.24, 2.45) is 5.14 Å². The van der Waals surface area contributed by atoms with Gasteiger partial charge in [-0.05, 0) is 42.0 Å². The highest BCUT2D eigenvalue weighted by atomic mass is 32.2. The van der Waals surface area contributed by atoms with E-state index in [1.54, 1.807) is 18.2 Å². The maximum Gasteiger partial charge on any atom is 0.393 e. The van der Waals surface area contributed by atoms with Crippen LogP contribution in [0.4, 0.5) is 24.5 Å². The van der Waals surface area contributed by atoms with E-state index >= 15 is 0 Å². The number of alkyl halides is 3. The Morgan fingerprint density at radius 3 is 2.64 bits per heavy atom. The van der Waals surface area contributed by atoms with Gasteiger partial charge in [0.1, 0.15) is 11.8 Å². The fraction of sp³-hybridized carbons (Fsp3) is 0.346. The average molecular weight is 579 g/mol. The lowest BCUT2D eigenvalue weighted by molar-refractivity contribution is -0.126. The molecule has 8 nitrogen and oxygen atoms in total.